The summed E-state index contributed by atoms with van der Waals surface area (Å²) in [6.07, 6.45) is 2.26. The van der Waals surface area contributed by atoms with Gasteiger partial charge >= 0.3 is 0 Å². The van der Waals surface area contributed by atoms with Crippen LogP contribution in [-0.2, 0) is 6.42 Å². The number of nitrogens with zero attached hydrogens (tertiary/aromatic N) is 3. The smallest absolute Gasteiger partial charge is 0.277 e. The molecule has 0 aliphatic carbocycles. The first-order valence-corrected chi connectivity index (χ1v) is 9.86. The van der Waals surface area contributed by atoms with E-state index in [1.54, 1.807) is 17.5 Å². The van der Waals surface area contributed by atoms with Crippen LogP contribution in [0.3, 0.4) is 0 Å². The molecule has 1 atom stereocenters. The van der Waals surface area contributed by atoms with E-state index >= 15 is 0 Å². The molecule has 132 valence electrons. The van der Waals surface area contributed by atoms with E-state index in [1.165, 1.54) is 11.8 Å². The van der Waals surface area contributed by atoms with Crippen molar-refractivity contribution in [1.29, 1.82) is 0 Å². The fourth-order valence-corrected chi connectivity index (χ4v) is 4.08. The minimum Gasteiger partial charge on any atom is -0.416 e. The monoisotopic (exact) mass is 384 g/mol. The Balaban J connectivity index is 1.46. The van der Waals surface area contributed by atoms with Crippen LogP contribution in [0, 0.1) is 6.92 Å². The molecule has 0 spiro atoms. The zero-order valence-corrected chi connectivity index (χ0v) is 15.9. The standard InChI is InChI=1S/C18H16N4O2S2/c1-10(17(23)14-8-19-15-6-4-3-5-13(14)15)26-18-22-21-16(24-18)7-12-9-25-11(2)20-12/h3-6,8-10,19H,7H2,1-2H3. The number of hydrogen-bond donors (Lipinski definition) is 1. The molecule has 3 heterocycles. The zero-order valence-electron chi connectivity index (χ0n) is 14.2. The molecular weight excluding hydrogens is 368 g/mol. The fraction of sp³-hybridized carbons (Fsp3) is 0.222. The lowest BCUT2D eigenvalue weighted by Crippen LogP contribution is -2.13. The van der Waals surface area contributed by atoms with E-state index in [-0.39, 0.29) is 11.0 Å². The SMILES string of the molecule is Cc1nc(Cc2nnc(SC(C)C(=O)c3c[nH]c4ccccc34)o2)cs1. The summed E-state index contributed by atoms with van der Waals surface area (Å²) in [5.41, 5.74) is 2.54. The summed E-state index contributed by atoms with van der Waals surface area (Å²) in [4.78, 5) is 20.3. The largest absolute Gasteiger partial charge is 0.416 e. The van der Waals surface area contributed by atoms with E-state index in [9.17, 15) is 4.79 Å². The number of aromatic amines is 1. The number of benzene rings is 1. The number of thioether (sulfide) groups is 1. The lowest BCUT2D eigenvalue weighted by atomic mass is 10.1. The molecule has 4 rings (SSSR count). The molecular formula is C18H16N4O2S2. The molecule has 0 radical (unpaired) electrons. The Morgan fingerprint density at radius 2 is 2.19 bits per heavy atom. The van der Waals surface area contributed by atoms with Crippen LogP contribution in [0.5, 0.6) is 0 Å². The van der Waals surface area contributed by atoms with E-state index < -0.39 is 0 Å². The average molecular weight is 384 g/mol. The quantitative estimate of drug-likeness (QED) is 0.395. The molecule has 4 aromatic rings. The Bertz CT molecular complexity index is 1070. The first-order valence-electron chi connectivity index (χ1n) is 8.10. The van der Waals surface area contributed by atoms with Gasteiger partial charge in [-0.1, -0.05) is 30.0 Å². The van der Waals surface area contributed by atoms with E-state index in [0.717, 1.165) is 21.6 Å². The lowest BCUT2D eigenvalue weighted by Gasteiger charge is -2.06. The van der Waals surface area contributed by atoms with Crippen molar-refractivity contribution in [3.63, 3.8) is 0 Å². The first kappa shape index (κ1) is 17.0. The second-order valence-electron chi connectivity index (χ2n) is 5.87. The van der Waals surface area contributed by atoms with Gasteiger partial charge in [0.1, 0.15) is 0 Å². The maximum absolute atomic E-state index is 12.8. The summed E-state index contributed by atoms with van der Waals surface area (Å²) >= 11 is 2.86. The number of aromatic nitrogens is 4. The third kappa shape index (κ3) is 3.42. The number of nitrogens with one attached hydrogen (secondary N) is 1. The predicted molar refractivity (Wildman–Crippen MR) is 102 cm³/mol. The van der Waals surface area contributed by atoms with Gasteiger partial charge in [0, 0.05) is 28.0 Å². The molecule has 0 fully saturated rings. The van der Waals surface area contributed by atoms with Gasteiger partial charge in [-0.05, 0) is 19.9 Å². The summed E-state index contributed by atoms with van der Waals surface area (Å²) in [5, 5.41) is 12.1. The maximum Gasteiger partial charge on any atom is 0.277 e. The molecule has 1 aromatic carbocycles. The normalized spacial score (nSPS) is 12.5. The number of Topliss-reactive ketones (excluding diaryl/α,β-unsaturated/α-hetero) is 1. The van der Waals surface area contributed by atoms with Crippen molar-refractivity contribution < 1.29 is 9.21 Å². The third-order valence-electron chi connectivity index (χ3n) is 3.95. The Hall–Kier alpha value is -2.45. The van der Waals surface area contributed by atoms with Crippen molar-refractivity contribution in [1.82, 2.24) is 20.2 Å². The van der Waals surface area contributed by atoms with Gasteiger partial charge in [-0.3, -0.25) is 4.79 Å². The minimum absolute atomic E-state index is 0.0299. The highest BCUT2D eigenvalue weighted by molar-refractivity contribution is 8.00. The lowest BCUT2D eigenvalue weighted by molar-refractivity contribution is 0.0995. The van der Waals surface area contributed by atoms with Gasteiger partial charge in [-0.15, -0.1) is 21.5 Å². The number of aryl methyl sites for hydroxylation is 1. The summed E-state index contributed by atoms with van der Waals surface area (Å²) < 4.78 is 5.67. The van der Waals surface area contributed by atoms with Gasteiger partial charge in [0.15, 0.2) is 5.78 Å². The van der Waals surface area contributed by atoms with Crippen LogP contribution in [0.2, 0.25) is 0 Å². The Labute approximate surface area is 158 Å². The van der Waals surface area contributed by atoms with E-state index in [0.29, 0.717) is 23.1 Å². The highest BCUT2D eigenvalue weighted by Crippen LogP contribution is 2.28. The molecule has 0 amide bonds. The van der Waals surface area contributed by atoms with Crippen LogP contribution < -0.4 is 0 Å². The highest BCUT2D eigenvalue weighted by Gasteiger charge is 2.22. The molecule has 1 unspecified atom stereocenters. The van der Waals surface area contributed by atoms with E-state index in [2.05, 4.69) is 20.2 Å². The molecule has 26 heavy (non-hydrogen) atoms. The summed E-state index contributed by atoms with van der Waals surface area (Å²) in [6, 6.07) is 7.76. The van der Waals surface area contributed by atoms with Crippen LogP contribution in [-0.4, -0.2) is 31.2 Å². The van der Waals surface area contributed by atoms with Crippen molar-refractivity contribution in [2.24, 2.45) is 0 Å². The first-order chi connectivity index (χ1) is 12.6. The number of carbonyl (C=O) groups is 1. The van der Waals surface area contributed by atoms with Crippen LogP contribution in [0.1, 0.15) is 33.9 Å². The number of H-pyrrole nitrogens is 1. The predicted octanol–water partition coefficient (Wildman–Crippen LogP) is 4.27. The van der Waals surface area contributed by atoms with Gasteiger partial charge in [-0.25, -0.2) is 4.98 Å². The number of carbonyl (C=O) groups excluding carboxylic acids is 1. The van der Waals surface area contributed by atoms with Crippen molar-refractivity contribution in [2.75, 3.05) is 0 Å². The Morgan fingerprint density at radius 1 is 1.35 bits per heavy atom. The second-order valence-corrected chi connectivity index (χ2v) is 8.22. The molecule has 0 bridgehead atoms. The van der Waals surface area contributed by atoms with Crippen molar-refractivity contribution >= 4 is 39.8 Å². The highest BCUT2D eigenvalue weighted by atomic mass is 32.2. The van der Waals surface area contributed by atoms with Crippen molar-refractivity contribution in [2.45, 2.75) is 30.7 Å². The van der Waals surface area contributed by atoms with Crippen LogP contribution in [0.15, 0.2) is 45.5 Å². The maximum atomic E-state index is 12.8. The summed E-state index contributed by atoms with van der Waals surface area (Å²) in [6.45, 7) is 3.81. The zero-order chi connectivity index (χ0) is 18.1. The number of ketones is 1. The van der Waals surface area contributed by atoms with Gasteiger partial charge in [0.25, 0.3) is 5.22 Å². The molecule has 0 saturated heterocycles. The molecule has 6 nitrogen and oxygen atoms in total. The van der Waals surface area contributed by atoms with Crippen molar-refractivity contribution in [3.8, 4) is 0 Å². The van der Waals surface area contributed by atoms with Gasteiger partial charge in [0.05, 0.1) is 22.4 Å². The van der Waals surface area contributed by atoms with E-state index in [1.807, 2.05) is 43.5 Å². The molecule has 0 saturated carbocycles. The number of rotatable bonds is 6. The molecule has 8 heteroatoms. The fourth-order valence-electron chi connectivity index (χ4n) is 2.70. The number of para-hydroxylation sites is 1. The van der Waals surface area contributed by atoms with Crippen molar-refractivity contribution in [3.05, 3.63) is 58.0 Å². The Morgan fingerprint density at radius 3 is 3.00 bits per heavy atom. The minimum atomic E-state index is -0.330. The molecule has 3 aromatic heterocycles. The third-order valence-corrected chi connectivity index (χ3v) is 5.71. The summed E-state index contributed by atoms with van der Waals surface area (Å²) in [5.74, 6) is 0.534. The van der Waals surface area contributed by atoms with Crippen LogP contribution in [0.25, 0.3) is 10.9 Å². The topological polar surface area (TPSA) is 84.7 Å². The number of hydrogen-bond acceptors (Lipinski definition) is 7. The number of thiazole rings is 1. The van der Waals surface area contributed by atoms with E-state index in [4.69, 9.17) is 4.42 Å². The van der Waals surface area contributed by atoms with Gasteiger partial charge in [0.2, 0.25) is 5.89 Å². The molecule has 1 N–H and O–H groups in total. The van der Waals surface area contributed by atoms with Crippen LogP contribution >= 0.6 is 23.1 Å². The average Bonchev–Trinajstić information content (AvgIpc) is 3.35. The van der Waals surface area contributed by atoms with Crippen LogP contribution in [0.4, 0.5) is 0 Å². The number of fused-ring (bicyclic) bond motifs is 1. The molecule has 0 aliphatic rings. The van der Waals surface area contributed by atoms with Gasteiger partial charge in [-0.2, -0.15) is 0 Å². The van der Waals surface area contributed by atoms with Gasteiger partial charge < -0.3 is 9.40 Å². The molecule has 0 aliphatic heterocycles. The Kier molecular flexibility index (Phi) is 4.60. The summed E-state index contributed by atoms with van der Waals surface area (Å²) in [7, 11) is 0. The second kappa shape index (κ2) is 7.05.